The zero-order valence-corrected chi connectivity index (χ0v) is 10.4. The second kappa shape index (κ2) is 5.22. The van der Waals surface area contributed by atoms with Crippen molar-refractivity contribution in [3.63, 3.8) is 0 Å². The van der Waals surface area contributed by atoms with Gasteiger partial charge >= 0.3 is 11.9 Å². The van der Waals surface area contributed by atoms with Gasteiger partial charge in [-0.05, 0) is 0 Å². The van der Waals surface area contributed by atoms with E-state index in [1.807, 2.05) is 0 Å². The number of hydrogen-bond donors (Lipinski definition) is 0. The van der Waals surface area contributed by atoms with Gasteiger partial charge in [0.15, 0.2) is 0 Å². The van der Waals surface area contributed by atoms with E-state index in [1.165, 1.54) is 13.8 Å². The Bertz CT molecular complexity index is 87.5. The van der Waals surface area contributed by atoms with Crippen LogP contribution < -0.4 is 0 Å². The zero-order valence-electron chi connectivity index (χ0n) is 4.93. The largest absolute Gasteiger partial charge is 0.394 e. The molecular weight excluding hydrogens is 297 g/mol. The van der Waals surface area contributed by atoms with Crippen molar-refractivity contribution in [3.05, 3.63) is 0 Å². The van der Waals surface area contributed by atoms with E-state index >= 15 is 0 Å². The minimum Gasteiger partial charge on any atom is -0.394 e. The number of esters is 2. The van der Waals surface area contributed by atoms with Gasteiger partial charge in [0.2, 0.25) is 0 Å². The SMILES string of the molecule is CC(=O)OC(C)=O.[Hg]. The number of hydrogen-bond acceptors (Lipinski definition) is 3. The van der Waals surface area contributed by atoms with Crippen molar-refractivity contribution in [3.8, 4) is 0 Å². The van der Waals surface area contributed by atoms with Crippen molar-refractivity contribution in [2.45, 2.75) is 13.8 Å². The average Bonchev–Trinajstić information content (AvgIpc) is 1.27. The molecule has 0 bridgehead atoms. The number of ether oxygens (including phenoxy) is 1. The molecule has 0 spiro atoms. The van der Waals surface area contributed by atoms with Crippen LogP contribution in [0.3, 0.4) is 0 Å². The van der Waals surface area contributed by atoms with Crippen LogP contribution in [-0.4, -0.2) is 11.9 Å². The van der Waals surface area contributed by atoms with Crippen LogP contribution in [0.2, 0.25) is 0 Å². The van der Waals surface area contributed by atoms with E-state index in [-0.39, 0.29) is 27.7 Å². The molecule has 0 aromatic carbocycles. The Labute approximate surface area is 67.9 Å². The van der Waals surface area contributed by atoms with Gasteiger partial charge in [-0.25, -0.2) is 0 Å². The first kappa shape index (κ1) is 11.0. The molecule has 0 saturated heterocycles. The van der Waals surface area contributed by atoms with E-state index < -0.39 is 11.9 Å². The van der Waals surface area contributed by atoms with Gasteiger partial charge in [0.05, 0.1) is 0 Å². The third kappa shape index (κ3) is 9.42. The first-order valence-corrected chi connectivity index (χ1v) is 1.82. The molecule has 0 aromatic heterocycles. The third-order valence-electron chi connectivity index (χ3n) is 0.287. The Morgan fingerprint density at radius 1 is 1.12 bits per heavy atom. The summed E-state index contributed by atoms with van der Waals surface area (Å²) in [5, 5.41) is 0. The van der Waals surface area contributed by atoms with Gasteiger partial charge < -0.3 is 4.74 Å². The standard InChI is InChI=1S/C4H6O3.Hg/c1-3(5)7-4(2)6;/h1-2H3;. The molecule has 0 rings (SSSR count). The molecule has 0 heterocycles. The Morgan fingerprint density at radius 3 is 1.38 bits per heavy atom. The molecule has 0 aliphatic carbocycles. The number of carbonyl (C=O) groups is 2. The molecule has 42 valence electrons. The van der Waals surface area contributed by atoms with Gasteiger partial charge in [0.1, 0.15) is 0 Å². The van der Waals surface area contributed by atoms with Crippen molar-refractivity contribution in [1.82, 2.24) is 0 Å². The molecule has 3 nitrogen and oxygen atoms in total. The van der Waals surface area contributed by atoms with E-state index in [4.69, 9.17) is 0 Å². The maximum Gasteiger partial charge on any atom is 0.310 e. The fourth-order valence-corrected chi connectivity index (χ4v) is 0.202. The topological polar surface area (TPSA) is 43.4 Å². The second-order valence-corrected chi connectivity index (χ2v) is 1.09. The quantitative estimate of drug-likeness (QED) is 0.362. The van der Waals surface area contributed by atoms with Crippen LogP contribution in [0.1, 0.15) is 13.8 Å². The molecular formula is C4H6HgO3. The van der Waals surface area contributed by atoms with Gasteiger partial charge in [0.25, 0.3) is 0 Å². The van der Waals surface area contributed by atoms with Crippen LogP contribution >= 0.6 is 0 Å². The van der Waals surface area contributed by atoms with Crippen LogP contribution in [0.25, 0.3) is 0 Å². The number of carbonyl (C=O) groups excluding carboxylic acids is 2. The summed E-state index contributed by atoms with van der Waals surface area (Å²) in [7, 11) is 0. The van der Waals surface area contributed by atoms with Crippen molar-refractivity contribution >= 4 is 11.9 Å². The molecule has 0 atom stereocenters. The smallest absolute Gasteiger partial charge is 0.310 e. The molecule has 0 fully saturated rings. The van der Waals surface area contributed by atoms with Crippen LogP contribution in [0, 0.1) is 0 Å². The van der Waals surface area contributed by atoms with Crippen LogP contribution in [0.4, 0.5) is 0 Å². The predicted octanol–water partition coefficient (Wildman–Crippen LogP) is 0.0935. The first-order valence-electron chi connectivity index (χ1n) is 1.82. The summed E-state index contributed by atoms with van der Waals surface area (Å²) in [5.41, 5.74) is 0. The molecule has 8 heavy (non-hydrogen) atoms. The summed E-state index contributed by atoms with van der Waals surface area (Å²) in [4.78, 5) is 19.6. The third-order valence-corrected chi connectivity index (χ3v) is 0.287. The summed E-state index contributed by atoms with van der Waals surface area (Å²) >= 11 is 0. The number of rotatable bonds is 0. The summed E-state index contributed by atoms with van der Waals surface area (Å²) in [6, 6.07) is 0. The maximum atomic E-state index is 9.81. The molecule has 0 radical (unpaired) electrons. The molecule has 0 aromatic rings. The molecule has 0 saturated carbocycles. The Kier molecular flexibility index (Phi) is 7.14. The summed E-state index contributed by atoms with van der Waals surface area (Å²) in [6.07, 6.45) is 0. The molecule has 0 amide bonds. The minimum absolute atomic E-state index is 0. The van der Waals surface area contributed by atoms with E-state index in [0.717, 1.165) is 0 Å². The molecule has 4 heteroatoms. The fraction of sp³-hybridized carbons (Fsp3) is 0.500. The summed E-state index contributed by atoms with van der Waals surface area (Å²) in [5.74, 6) is -1.12. The monoisotopic (exact) mass is 304 g/mol. The normalized spacial score (nSPS) is 6.75. The van der Waals surface area contributed by atoms with Crippen molar-refractivity contribution in [2.75, 3.05) is 0 Å². The van der Waals surface area contributed by atoms with Gasteiger partial charge in [-0.3, -0.25) is 9.59 Å². The van der Waals surface area contributed by atoms with Gasteiger partial charge in [-0.1, -0.05) is 0 Å². The minimum atomic E-state index is -0.562. The van der Waals surface area contributed by atoms with Gasteiger partial charge in [0, 0.05) is 41.5 Å². The summed E-state index contributed by atoms with van der Waals surface area (Å²) in [6.45, 7) is 2.36. The molecule has 0 unspecified atom stereocenters. The van der Waals surface area contributed by atoms with E-state index in [2.05, 4.69) is 4.74 Å². The zero-order chi connectivity index (χ0) is 5.86. The maximum absolute atomic E-state index is 9.81. The van der Waals surface area contributed by atoms with Crippen molar-refractivity contribution in [2.24, 2.45) is 0 Å². The Balaban J connectivity index is 0. The van der Waals surface area contributed by atoms with Gasteiger partial charge in [-0.2, -0.15) is 0 Å². The van der Waals surface area contributed by atoms with Crippen LogP contribution in [0.15, 0.2) is 0 Å². The van der Waals surface area contributed by atoms with E-state index in [0.29, 0.717) is 0 Å². The fourth-order valence-electron chi connectivity index (χ4n) is 0.202. The van der Waals surface area contributed by atoms with E-state index in [9.17, 15) is 9.59 Å². The second-order valence-electron chi connectivity index (χ2n) is 1.09. The molecule has 0 aliphatic rings. The Hall–Kier alpha value is 0.0751. The average molecular weight is 303 g/mol. The van der Waals surface area contributed by atoms with Crippen LogP contribution in [-0.2, 0) is 42.0 Å². The first-order chi connectivity index (χ1) is 3.13. The van der Waals surface area contributed by atoms with Gasteiger partial charge in [-0.15, -0.1) is 0 Å². The molecule has 0 aliphatic heterocycles. The van der Waals surface area contributed by atoms with Crippen LogP contribution in [0.5, 0.6) is 0 Å². The summed E-state index contributed by atoms with van der Waals surface area (Å²) < 4.78 is 3.97. The van der Waals surface area contributed by atoms with Crippen molar-refractivity contribution < 1.29 is 42.0 Å². The Morgan fingerprint density at radius 2 is 1.38 bits per heavy atom. The molecule has 0 N–H and O–H groups in total. The predicted molar refractivity (Wildman–Crippen MR) is 22.4 cm³/mol. The van der Waals surface area contributed by atoms with E-state index in [1.54, 1.807) is 0 Å². The van der Waals surface area contributed by atoms with Crippen molar-refractivity contribution in [1.29, 1.82) is 0 Å².